The zero-order valence-corrected chi connectivity index (χ0v) is 12.8. The number of rotatable bonds is 3. The number of carbonyl (C=O) groups is 1. The third-order valence-electron chi connectivity index (χ3n) is 2.36. The standard InChI is InChI=1S/C14H16ClN3O3/c1-14(2,3)20-13(19)18(10-7-5-4-6-8-10)12-16-11(9-15)21-17-12/h4-8H,9H2,1-3H3. The number of hydrogen-bond acceptors (Lipinski definition) is 5. The summed E-state index contributed by atoms with van der Waals surface area (Å²) in [4.78, 5) is 17.7. The molecule has 0 aliphatic heterocycles. The number of ether oxygens (including phenoxy) is 1. The van der Waals surface area contributed by atoms with Gasteiger partial charge in [-0.25, -0.2) is 9.69 Å². The summed E-state index contributed by atoms with van der Waals surface area (Å²) in [5, 5.41) is 3.77. The zero-order valence-electron chi connectivity index (χ0n) is 12.0. The normalized spacial score (nSPS) is 11.2. The van der Waals surface area contributed by atoms with Crippen LogP contribution in [0.1, 0.15) is 26.7 Å². The average molecular weight is 310 g/mol. The molecule has 0 saturated carbocycles. The van der Waals surface area contributed by atoms with E-state index in [-0.39, 0.29) is 17.7 Å². The van der Waals surface area contributed by atoms with E-state index in [1.807, 2.05) is 6.07 Å². The lowest BCUT2D eigenvalue weighted by molar-refractivity contribution is 0.0596. The van der Waals surface area contributed by atoms with E-state index in [2.05, 4.69) is 10.1 Å². The first-order valence-electron chi connectivity index (χ1n) is 6.37. The van der Waals surface area contributed by atoms with E-state index >= 15 is 0 Å². The summed E-state index contributed by atoms with van der Waals surface area (Å²) in [5.41, 5.74) is -0.0583. The van der Waals surface area contributed by atoms with E-state index < -0.39 is 11.7 Å². The monoisotopic (exact) mass is 309 g/mol. The Bertz CT molecular complexity index is 607. The van der Waals surface area contributed by atoms with Crippen LogP contribution in [0.4, 0.5) is 16.4 Å². The molecule has 0 saturated heterocycles. The number of nitrogens with zero attached hydrogens (tertiary/aromatic N) is 3. The van der Waals surface area contributed by atoms with Crippen molar-refractivity contribution in [3.8, 4) is 0 Å². The maximum Gasteiger partial charge on any atom is 0.422 e. The number of hydrogen-bond donors (Lipinski definition) is 0. The topological polar surface area (TPSA) is 68.5 Å². The third-order valence-corrected chi connectivity index (χ3v) is 2.59. The Hall–Kier alpha value is -2.08. The molecule has 2 rings (SSSR count). The Balaban J connectivity index is 2.37. The van der Waals surface area contributed by atoms with Gasteiger partial charge in [0, 0.05) is 0 Å². The molecule has 1 aromatic heterocycles. The highest BCUT2D eigenvalue weighted by Gasteiger charge is 2.28. The van der Waals surface area contributed by atoms with Crippen LogP contribution in [0.25, 0.3) is 0 Å². The fourth-order valence-corrected chi connectivity index (χ4v) is 1.69. The van der Waals surface area contributed by atoms with Crippen LogP contribution >= 0.6 is 11.6 Å². The van der Waals surface area contributed by atoms with Crippen LogP contribution in [0, 0.1) is 0 Å². The molecule has 1 heterocycles. The molecule has 0 unspecified atom stereocenters. The first-order chi connectivity index (χ1) is 9.90. The molecule has 0 fully saturated rings. The van der Waals surface area contributed by atoms with Crippen LogP contribution in [-0.2, 0) is 10.6 Å². The fourth-order valence-electron chi connectivity index (χ4n) is 1.58. The molecule has 0 atom stereocenters. The maximum absolute atomic E-state index is 12.4. The molecule has 112 valence electrons. The molecule has 21 heavy (non-hydrogen) atoms. The molecule has 6 nitrogen and oxygen atoms in total. The largest absolute Gasteiger partial charge is 0.443 e. The Kier molecular flexibility index (Phi) is 4.47. The second-order valence-electron chi connectivity index (χ2n) is 5.27. The third kappa shape index (κ3) is 3.95. The SMILES string of the molecule is CC(C)(C)OC(=O)N(c1ccccc1)c1noc(CCl)n1. The number of benzene rings is 1. The second kappa shape index (κ2) is 6.13. The van der Waals surface area contributed by atoms with Gasteiger partial charge in [0.05, 0.1) is 5.69 Å². The van der Waals surface area contributed by atoms with Crippen molar-refractivity contribution in [3.63, 3.8) is 0 Å². The number of alkyl halides is 1. The van der Waals surface area contributed by atoms with Gasteiger partial charge in [0.25, 0.3) is 5.95 Å². The van der Waals surface area contributed by atoms with Crippen molar-refractivity contribution in [2.24, 2.45) is 0 Å². The summed E-state index contributed by atoms with van der Waals surface area (Å²) in [7, 11) is 0. The van der Waals surface area contributed by atoms with Crippen LogP contribution < -0.4 is 4.90 Å². The molecule has 0 bridgehead atoms. The van der Waals surface area contributed by atoms with Crippen LogP contribution in [0.2, 0.25) is 0 Å². The summed E-state index contributed by atoms with van der Waals surface area (Å²) in [6.45, 7) is 5.36. The number of carbonyl (C=O) groups excluding carboxylic acids is 1. The van der Waals surface area contributed by atoms with Crippen molar-refractivity contribution in [1.29, 1.82) is 0 Å². The van der Waals surface area contributed by atoms with Crippen LogP contribution in [0.5, 0.6) is 0 Å². The number of amides is 1. The van der Waals surface area contributed by atoms with Gasteiger partial charge < -0.3 is 9.26 Å². The number of anilines is 2. The van der Waals surface area contributed by atoms with Crippen LogP contribution in [-0.4, -0.2) is 21.8 Å². The van der Waals surface area contributed by atoms with Gasteiger partial charge >= 0.3 is 6.09 Å². The lowest BCUT2D eigenvalue weighted by atomic mass is 10.2. The molecular weight excluding hydrogens is 294 g/mol. The van der Waals surface area contributed by atoms with Crippen molar-refractivity contribution in [2.45, 2.75) is 32.3 Å². The second-order valence-corrected chi connectivity index (χ2v) is 5.54. The van der Waals surface area contributed by atoms with Crippen molar-refractivity contribution in [3.05, 3.63) is 36.2 Å². The number of para-hydroxylation sites is 1. The average Bonchev–Trinajstić information content (AvgIpc) is 2.86. The molecule has 1 amide bonds. The van der Waals surface area contributed by atoms with E-state index in [0.29, 0.717) is 5.69 Å². The summed E-state index contributed by atoms with van der Waals surface area (Å²) >= 11 is 5.65. The van der Waals surface area contributed by atoms with Gasteiger partial charge in [-0.05, 0) is 38.1 Å². The molecule has 0 spiro atoms. The molecule has 7 heteroatoms. The van der Waals surface area contributed by atoms with Gasteiger partial charge in [0.15, 0.2) is 0 Å². The van der Waals surface area contributed by atoms with E-state index in [1.165, 1.54) is 4.90 Å². The van der Waals surface area contributed by atoms with E-state index in [4.69, 9.17) is 20.9 Å². The molecular formula is C14H16ClN3O3. The van der Waals surface area contributed by atoms with Gasteiger partial charge in [-0.2, -0.15) is 4.98 Å². The van der Waals surface area contributed by atoms with Crippen molar-refractivity contribution < 1.29 is 14.1 Å². The molecule has 0 radical (unpaired) electrons. The van der Waals surface area contributed by atoms with E-state index in [1.54, 1.807) is 45.0 Å². The first-order valence-corrected chi connectivity index (χ1v) is 6.91. The molecule has 0 aliphatic carbocycles. The van der Waals surface area contributed by atoms with Gasteiger partial charge in [-0.3, -0.25) is 0 Å². The summed E-state index contributed by atoms with van der Waals surface area (Å²) < 4.78 is 10.3. The molecule has 1 aromatic carbocycles. The van der Waals surface area contributed by atoms with Crippen molar-refractivity contribution >= 4 is 29.3 Å². The zero-order chi connectivity index (χ0) is 15.5. The van der Waals surface area contributed by atoms with Crippen LogP contribution in [0.15, 0.2) is 34.9 Å². The van der Waals surface area contributed by atoms with Gasteiger partial charge in [-0.1, -0.05) is 18.2 Å². The lowest BCUT2D eigenvalue weighted by Crippen LogP contribution is -2.34. The highest BCUT2D eigenvalue weighted by atomic mass is 35.5. The van der Waals surface area contributed by atoms with Gasteiger partial charge in [0.2, 0.25) is 5.89 Å². The summed E-state index contributed by atoms with van der Waals surface area (Å²) in [6.07, 6.45) is -0.587. The lowest BCUT2D eigenvalue weighted by Gasteiger charge is -2.25. The summed E-state index contributed by atoms with van der Waals surface area (Å²) in [6, 6.07) is 8.95. The Labute approximate surface area is 127 Å². The quantitative estimate of drug-likeness (QED) is 0.805. The Morgan fingerprint density at radius 1 is 1.33 bits per heavy atom. The van der Waals surface area contributed by atoms with Crippen molar-refractivity contribution in [2.75, 3.05) is 4.90 Å². The minimum Gasteiger partial charge on any atom is -0.443 e. The predicted molar refractivity (Wildman–Crippen MR) is 78.7 cm³/mol. The maximum atomic E-state index is 12.4. The smallest absolute Gasteiger partial charge is 0.422 e. The highest BCUT2D eigenvalue weighted by Crippen LogP contribution is 2.25. The number of halogens is 1. The van der Waals surface area contributed by atoms with E-state index in [9.17, 15) is 4.79 Å². The van der Waals surface area contributed by atoms with E-state index in [0.717, 1.165) is 0 Å². The highest BCUT2D eigenvalue weighted by molar-refractivity contribution is 6.16. The minimum atomic E-state index is -0.636. The molecule has 0 N–H and O–H groups in total. The number of aromatic nitrogens is 2. The Morgan fingerprint density at radius 3 is 2.52 bits per heavy atom. The predicted octanol–water partition coefficient (Wildman–Crippen LogP) is 3.88. The minimum absolute atomic E-state index is 0.0734. The van der Waals surface area contributed by atoms with Gasteiger partial charge in [0.1, 0.15) is 11.5 Å². The summed E-state index contributed by atoms with van der Waals surface area (Å²) in [5.74, 6) is 0.395. The van der Waals surface area contributed by atoms with Gasteiger partial charge in [-0.15, -0.1) is 11.6 Å². The molecule has 2 aromatic rings. The van der Waals surface area contributed by atoms with Crippen LogP contribution in [0.3, 0.4) is 0 Å². The first kappa shape index (κ1) is 15.3. The molecule has 0 aliphatic rings. The Morgan fingerprint density at radius 2 is 2.00 bits per heavy atom. The fraction of sp³-hybridized carbons (Fsp3) is 0.357. The van der Waals surface area contributed by atoms with Crippen molar-refractivity contribution in [1.82, 2.24) is 10.1 Å².